The van der Waals surface area contributed by atoms with Crippen LogP contribution in [0.2, 0.25) is 5.02 Å². The Hall–Kier alpha value is -2.13. The first-order valence-electron chi connectivity index (χ1n) is 9.77. The lowest BCUT2D eigenvalue weighted by Gasteiger charge is -2.31. The van der Waals surface area contributed by atoms with E-state index >= 15 is 0 Å². The molecule has 1 heterocycles. The molecule has 0 atom stereocenters. The van der Waals surface area contributed by atoms with Crippen LogP contribution in [0, 0.1) is 0 Å². The molecule has 0 bridgehead atoms. The molecule has 0 spiro atoms. The van der Waals surface area contributed by atoms with Crippen molar-refractivity contribution in [3.63, 3.8) is 0 Å². The van der Waals surface area contributed by atoms with Gasteiger partial charge in [0, 0.05) is 37.7 Å². The van der Waals surface area contributed by atoms with Gasteiger partial charge in [0.15, 0.2) is 0 Å². The fourth-order valence-electron chi connectivity index (χ4n) is 3.04. The molecule has 1 amide bonds. The summed E-state index contributed by atoms with van der Waals surface area (Å²) >= 11 is 5.82. The van der Waals surface area contributed by atoms with Crippen molar-refractivity contribution in [1.29, 1.82) is 0 Å². The number of hydrogen-bond acceptors (Lipinski definition) is 5. The monoisotopic (exact) mass is 451 g/mol. The summed E-state index contributed by atoms with van der Waals surface area (Å²) in [6.07, 6.45) is 0.221. The van der Waals surface area contributed by atoms with Crippen molar-refractivity contribution in [2.24, 2.45) is 0 Å². The molecular formula is C21H26ClN3O4S. The van der Waals surface area contributed by atoms with Crippen LogP contribution in [0.25, 0.3) is 0 Å². The van der Waals surface area contributed by atoms with Crippen LogP contribution in [0.3, 0.4) is 0 Å². The average molecular weight is 452 g/mol. The maximum atomic E-state index is 12.7. The Bertz CT molecular complexity index is 941. The van der Waals surface area contributed by atoms with E-state index in [1.54, 1.807) is 48.5 Å². The maximum absolute atomic E-state index is 12.7. The molecule has 2 aromatic carbocycles. The van der Waals surface area contributed by atoms with E-state index < -0.39 is 10.0 Å². The van der Waals surface area contributed by atoms with Gasteiger partial charge < -0.3 is 15.0 Å². The van der Waals surface area contributed by atoms with Gasteiger partial charge in [-0.25, -0.2) is 8.42 Å². The fraction of sp³-hybridized carbons (Fsp3) is 0.381. The van der Waals surface area contributed by atoms with Gasteiger partial charge in [-0.3, -0.25) is 4.79 Å². The predicted octanol–water partition coefficient (Wildman–Crippen LogP) is 2.36. The number of sulfonamides is 1. The number of halogens is 1. The van der Waals surface area contributed by atoms with Gasteiger partial charge in [-0.2, -0.15) is 4.31 Å². The summed E-state index contributed by atoms with van der Waals surface area (Å²) in [5.74, 6) is 0.516. The summed E-state index contributed by atoms with van der Waals surface area (Å²) in [4.78, 5) is 14.4. The van der Waals surface area contributed by atoms with Gasteiger partial charge in [0.05, 0.1) is 17.9 Å². The van der Waals surface area contributed by atoms with Crippen molar-refractivity contribution >= 4 is 27.5 Å². The second-order valence-corrected chi connectivity index (χ2v) is 9.55. The number of piperazine rings is 1. The summed E-state index contributed by atoms with van der Waals surface area (Å²) in [7, 11) is -1.50. The van der Waals surface area contributed by atoms with Crippen molar-refractivity contribution in [3.05, 3.63) is 59.1 Å². The lowest BCUT2D eigenvalue weighted by Crippen LogP contribution is -2.47. The zero-order chi connectivity index (χ0) is 21.6. The molecule has 9 heteroatoms. The first-order valence-corrected chi connectivity index (χ1v) is 11.6. The van der Waals surface area contributed by atoms with Crippen LogP contribution in [0.4, 0.5) is 0 Å². The molecule has 2 aromatic rings. The lowest BCUT2D eigenvalue weighted by atomic mass is 10.2. The third-order valence-electron chi connectivity index (χ3n) is 4.92. The van der Waals surface area contributed by atoms with Crippen LogP contribution in [0.5, 0.6) is 5.75 Å². The van der Waals surface area contributed by atoms with E-state index in [-0.39, 0.29) is 23.8 Å². The zero-order valence-corrected chi connectivity index (χ0v) is 18.5. The minimum atomic E-state index is -3.48. The van der Waals surface area contributed by atoms with E-state index in [0.717, 1.165) is 18.7 Å². The van der Waals surface area contributed by atoms with Crippen LogP contribution in [-0.2, 0) is 21.4 Å². The average Bonchev–Trinajstić information content (AvgIpc) is 2.74. The molecule has 30 heavy (non-hydrogen) atoms. The van der Waals surface area contributed by atoms with E-state index in [1.807, 2.05) is 7.05 Å². The first-order chi connectivity index (χ1) is 14.3. The highest BCUT2D eigenvalue weighted by Gasteiger charge is 2.27. The van der Waals surface area contributed by atoms with Crippen LogP contribution in [0.15, 0.2) is 53.4 Å². The van der Waals surface area contributed by atoms with Crippen molar-refractivity contribution in [2.75, 3.05) is 39.8 Å². The van der Waals surface area contributed by atoms with Gasteiger partial charge in [0.25, 0.3) is 0 Å². The van der Waals surface area contributed by atoms with Gasteiger partial charge >= 0.3 is 0 Å². The largest absolute Gasteiger partial charge is 0.493 e. The number of carbonyl (C=O) groups is 1. The molecule has 3 rings (SSSR count). The lowest BCUT2D eigenvalue weighted by molar-refractivity contribution is -0.121. The van der Waals surface area contributed by atoms with Gasteiger partial charge in [-0.15, -0.1) is 0 Å². The molecule has 1 saturated heterocycles. The Balaban J connectivity index is 1.44. The third-order valence-corrected chi connectivity index (χ3v) is 7.09. The van der Waals surface area contributed by atoms with E-state index in [4.69, 9.17) is 16.3 Å². The standard InChI is InChI=1S/C21H26ClN3O4S/c1-24-11-13-25(14-12-24)30(27,28)20-8-2-17(3-9-20)16-23-21(26)10-15-29-19-6-4-18(22)5-7-19/h2-9H,10-16H2,1H3,(H,23,26). The molecule has 1 fully saturated rings. The summed E-state index contributed by atoms with van der Waals surface area (Å²) < 4.78 is 32.5. The van der Waals surface area contributed by atoms with Gasteiger partial charge in [-0.05, 0) is 49.0 Å². The highest BCUT2D eigenvalue weighted by Crippen LogP contribution is 2.18. The Morgan fingerprint density at radius 3 is 2.30 bits per heavy atom. The molecule has 7 nitrogen and oxygen atoms in total. The van der Waals surface area contributed by atoms with Crippen molar-refractivity contribution in [2.45, 2.75) is 17.9 Å². The number of carbonyl (C=O) groups excluding carboxylic acids is 1. The Labute approximate surface area is 182 Å². The molecule has 0 radical (unpaired) electrons. The number of likely N-dealkylation sites (N-methyl/N-ethyl adjacent to an activating group) is 1. The first kappa shape index (κ1) is 22.6. The highest BCUT2D eigenvalue weighted by molar-refractivity contribution is 7.89. The Morgan fingerprint density at radius 2 is 1.67 bits per heavy atom. The molecule has 1 N–H and O–H groups in total. The molecule has 1 aliphatic rings. The molecule has 162 valence electrons. The van der Waals surface area contributed by atoms with Crippen LogP contribution < -0.4 is 10.1 Å². The molecular weight excluding hydrogens is 426 g/mol. The fourth-order valence-corrected chi connectivity index (χ4v) is 4.59. The van der Waals surface area contributed by atoms with Gasteiger partial charge in [0.2, 0.25) is 15.9 Å². The maximum Gasteiger partial charge on any atom is 0.243 e. The van der Waals surface area contributed by atoms with Crippen molar-refractivity contribution in [3.8, 4) is 5.75 Å². The molecule has 0 aromatic heterocycles. The number of rotatable bonds is 8. The Morgan fingerprint density at radius 1 is 1.03 bits per heavy atom. The SMILES string of the molecule is CN1CCN(S(=O)(=O)c2ccc(CNC(=O)CCOc3ccc(Cl)cc3)cc2)CC1. The summed E-state index contributed by atoms with van der Waals surface area (Å²) in [5, 5.41) is 3.44. The van der Waals surface area contributed by atoms with Gasteiger partial charge in [0.1, 0.15) is 5.75 Å². The van der Waals surface area contributed by atoms with E-state index in [2.05, 4.69) is 10.2 Å². The zero-order valence-electron chi connectivity index (χ0n) is 16.9. The normalized spacial score (nSPS) is 15.7. The highest BCUT2D eigenvalue weighted by atomic mass is 35.5. The van der Waals surface area contributed by atoms with E-state index in [0.29, 0.717) is 30.4 Å². The number of ether oxygens (including phenoxy) is 1. The molecule has 0 aliphatic carbocycles. The predicted molar refractivity (Wildman–Crippen MR) is 116 cm³/mol. The quantitative estimate of drug-likeness (QED) is 0.666. The van der Waals surface area contributed by atoms with Crippen molar-refractivity contribution in [1.82, 2.24) is 14.5 Å². The minimum absolute atomic E-state index is 0.141. The number of benzene rings is 2. The molecule has 0 saturated carbocycles. The molecule has 1 aliphatic heterocycles. The third kappa shape index (κ3) is 6.18. The minimum Gasteiger partial charge on any atom is -0.493 e. The number of amides is 1. The smallest absolute Gasteiger partial charge is 0.243 e. The second kappa shape index (κ2) is 10.3. The second-order valence-electron chi connectivity index (χ2n) is 7.18. The number of nitrogens with zero attached hydrogens (tertiary/aromatic N) is 2. The van der Waals surface area contributed by atoms with Crippen LogP contribution >= 0.6 is 11.6 Å². The topological polar surface area (TPSA) is 79.0 Å². The summed E-state index contributed by atoms with van der Waals surface area (Å²) in [5.41, 5.74) is 0.833. The summed E-state index contributed by atoms with van der Waals surface area (Å²) in [6, 6.07) is 13.6. The number of nitrogens with one attached hydrogen (secondary N) is 1. The van der Waals surface area contributed by atoms with E-state index in [9.17, 15) is 13.2 Å². The van der Waals surface area contributed by atoms with Gasteiger partial charge in [-0.1, -0.05) is 23.7 Å². The van der Waals surface area contributed by atoms with Crippen LogP contribution in [-0.4, -0.2) is 63.4 Å². The van der Waals surface area contributed by atoms with Crippen molar-refractivity contribution < 1.29 is 17.9 Å². The molecule has 0 unspecified atom stereocenters. The number of hydrogen-bond donors (Lipinski definition) is 1. The Kier molecular flexibility index (Phi) is 7.71. The van der Waals surface area contributed by atoms with E-state index in [1.165, 1.54) is 4.31 Å². The van der Waals surface area contributed by atoms with Crippen LogP contribution in [0.1, 0.15) is 12.0 Å². The summed E-state index contributed by atoms with van der Waals surface area (Å²) in [6.45, 7) is 3.03.